The Labute approximate surface area is 190 Å². The van der Waals surface area contributed by atoms with E-state index in [1.807, 2.05) is 16.8 Å². The molecule has 2 saturated carbocycles. The van der Waals surface area contributed by atoms with Crippen molar-refractivity contribution in [2.45, 2.75) is 93.9 Å². The summed E-state index contributed by atoms with van der Waals surface area (Å²) in [6, 6.07) is 0.276. The number of hydrogen-bond donors (Lipinski definition) is 4. The van der Waals surface area contributed by atoms with E-state index < -0.39 is 0 Å². The summed E-state index contributed by atoms with van der Waals surface area (Å²) < 4.78 is 0. The molecule has 178 valence electrons. The Hall–Kier alpha value is -1.71. The molecule has 9 nitrogen and oxygen atoms in total. The van der Waals surface area contributed by atoms with Gasteiger partial charge in [0.1, 0.15) is 6.04 Å². The Morgan fingerprint density at radius 3 is 2.59 bits per heavy atom. The predicted octanol–water partition coefficient (Wildman–Crippen LogP) is -0.143. The SMILES string of the molecule is CN(C(=O)C1NNC2CCN(C(=O)C3CC4CCCCC4N3)CC21)C1(CCC(N)=O)CC1. The van der Waals surface area contributed by atoms with Crippen LogP contribution in [0.3, 0.4) is 0 Å². The second-order valence-electron chi connectivity index (χ2n) is 10.8. The molecule has 5 fully saturated rings. The maximum absolute atomic E-state index is 13.4. The first-order chi connectivity index (χ1) is 15.4. The molecular formula is C23H38N6O3. The predicted molar refractivity (Wildman–Crippen MR) is 119 cm³/mol. The average Bonchev–Trinajstić information content (AvgIpc) is 3.27. The van der Waals surface area contributed by atoms with E-state index in [-0.39, 0.29) is 47.3 Å². The molecule has 5 rings (SSSR count). The largest absolute Gasteiger partial charge is 0.370 e. The van der Waals surface area contributed by atoms with Crippen molar-refractivity contribution in [2.75, 3.05) is 20.1 Å². The molecule has 6 unspecified atom stereocenters. The Kier molecular flexibility index (Phi) is 5.92. The molecule has 5 aliphatic rings. The zero-order chi connectivity index (χ0) is 22.5. The zero-order valence-electron chi connectivity index (χ0n) is 19.1. The third kappa shape index (κ3) is 4.03. The maximum Gasteiger partial charge on any atom is 0.241 e. The van der Waals surface area contributed by atoms with E-state index in [1.54, 1.807) is 0 Å². The quantitative estimate of drug-likeness (QED) is 0.451. The number of nitrogens with two attached hydrogens (primary N) is 1. The maximum atomic E-state index is 13.4. The van der Waals surface area contributed by atoms with E-state index in [9.17, 15) is 14.4 Å². The summed E-state index contributed by atoms with van der Waals surface area (Å²) in [4.78, 5) is 41.9. The minimum atomic E-state index is -0.356. The number of carbonyl (C=O) groups is 3. The molecule has 0 aromatic carbocycles. The monoisotopic (exact) mass is 446 g/mol. The Morgan fingerprint density at radius 2 is 1.88 bits per heavy atom. The number of fused-ring (bicyclic) bond motifs is 2. The van der Waals surface area contributed by atoms with Crippen molar-refractivity contribution in [1.82, 2.24) is 26.0 Å². The smallest absolute Gasteiger partial charge is 0.241 e. The normalized spacial score (nSPS) is 37.5. The molecule has 0 bridgehead atoms. The third-order valence-corrected chi connectivity index (χ3v) is 8.96. The topological polar surface area (TPSA) is 120 Å². The average molecular weight is 447 g/mol. The number of nitrogens with one attached hydrogen (secondary N) is 3. The van der Waals surface area contributed by atoms with Gasteiger partial charge in [-0.1, -0.05) is 12.8 Å². The first-order valence-electron chi connectivity index (χ1n) is 12.5. The minimum absolute atomic E-state index is 0.0475. The number of piperidine rings is 1. The van der Waals surface area contributed by atoms with Crippen LogP contribution in [0.1, 0.15) is 64.2 Å². The van der Waals surface area contributed by atoms with Crippen LogP contribution in [0.25, 0.3) is 0 Å². The molecule has 0 spiro atoms. The number of hydrogen-bond acceptors (Lipinski definition) is 6. The summed E-state index contributed by atoms with van der Waals surface area (Å²) in [5.41, 5.74) is 11.6. The van der Waals surface area contributed by atoms with E-state index in [1.165, 1.54) is 25.7 Å². The van der Waals surface area contributed by atoms with Crippen LogP contribution in [0.4, 0.5) is 0 Å². The number of nitrogens with zero attached hydrogens (tertiary/aromatic N) is 2. The number of carbonyl (C=O) groups excluding carboxylic acids is 3. The van der Waals surface area contributed by atoms with E-state index in [2.05, 4.69) is 16.2 Å². The first kappa shape index (κ1) is 22.1. The minimum Gasteiger partial charge on any atom is -0.370 e. The summed E-state index contributed by atoms with van der Waals surface area (Å²) in [5, 5.41) is 3.62. The molecule has 32 heavy (non-hydrogen) atoms. The van der Waals surface area contributed by atoms with E-state index in [0.717, 1.165) is 32.2 Å². The summed E-state index contributed by atoms with van der Waals surface area (Å²) in [6.45, 7) is 1.34. The molecule has 0 aromatic heterocycles. The molecule has 3 aliphatic heterocycles. The Bertz CT molecular complexity index is 757. The lowest BCUT2D eigenvalue weighted by Gasteiger charge is -2.38. The van der Waals surface area contributed by atoms with Crippen molar-refractivity contribution in [3.8, 4) is 0 Å². The number of likely N-dealkylation sites (N-methyl/N-ethyl adjacent to an activating group) is 1. The molecule has 0 aromatic rings. The second kappa shape index (κ2) is 8.57. The molecule has 3 amide bonds. The molecule has 6 atom stereocenters. The molecule has 0 radical (unpaired) electrons. The van der Waals surface area contributed by atoms with Gasteiger partial charge in [0.15, 0.2) is 0 Å². The number of hydrazine groups is 1. The van der Waals surface area contributed by atoms with Gasteiger partial charge in [-0.3, -0.25) is 19.8 Å². The van der Waals surface area contributed by atoms with Crippen molar-refractivity contribution in [3.05, 3.63) is 0 Å². The van der Waals surface area contributed by atoms with E-state index >= 15 is 0 Å². The van der Waals surface area contributed by atoms with Crippen LogP contribution in [-0.4, -0.2) is 77.4 Å². The Balaban J connectivity index is 1.21. The van der Waals surface area contributed by atoms with Crippen molar-refractivity contribution in [2.24, 2.45) is 17.6 Å². The molecular weight excluding hydrogens is 408 g/mol. The van der Waals surface area contributed by atoms with Crippen LogP contribution in [-0.2, 0) is 14.4 Å². The molecule has 3 saturated heterocycles. The van der Waals surface area contributed by atoms with Gasteiger partial charge in [-0.05, 0) is 50.9 Å². The summed E-state index contributed by atoms with van der Waals surface area (Å²) in [5.74, 6) is 0.636. The fraction of sp³-hybridized carbons (Fsp3) is 0.870. The van der Waals surface area contributed by atoms with Crippen LogP contribution in [0.2, 0.25) is 0 Å². The number of rotatable bonds is 6. The van der Waals surface area contributed by atoms with E-state index in [4.69, 9.17) is 5.73 Å². The fourth-order valence-electron chi connectivity index (χ4n) is 6.67. The highest BCUT2D eigenvalue weighted by atomic mass is 16.2. The summed E-state index contributed by atoms with van der Waals surface area (Å²) in [7, 11) is 1.85. The molecule has 3 heterocycles. The lowest BCUT2D eigenvalue weighted by molar-refractivity contribution is -0.139. The molecule has 5 N–H and O–H groups in total. The first-order valence-corrected chi connectivity index (χ1v) is 12.5. The Morgan fingerprint density at radius 1 is 1.09 bits per heavy atom. The summed E-state index contributed by atoms with van der Waals surface area (Å²) in [6.07, 6.45) is 9.53. The van der Waals surface area contributed by atoms with Crippen molar-refractivity contribution in [1.29, 1.82) is 0 Å². The fourth-order valence-corrected chi connectivity index (χ4v) is 6.67. The summed E-state index contributed by atoms with van der Waals surface area (Å²) >= 11 is 0. The van der Waals surface area contributed by atoms with Gasteiger partial charge in [-0.15, -0.1) is 0 Å². The van der Waals surface area contributed by atoms with Gasteiger partial charge in [0.25, 0.3) is 0 Å². The number of amides is 3. The van der Waals surface area contributed by atoms with Crippen LogP contribution in [0, 0.1) is 11.8 Å². The zero-order valence-corrected chi connectivity index (χ0v) is 19.1. The second-order valence-corrected chi connectivity index (χ2v) is 10.8. The van der Waals surface area contributed by atoms with Gasteiger partial charge >= 0.3 is 0 Å². The van der Waals surface area contributed by atoms with Gasteiger partial charge in [0.05, 0.1) is 6.04 Å². The highest BCUT2D eigenvalue weighted by Gasteiger charge is 2.53. The lowest BCUT2D eigenvalue weighted by Crippen LogP contribution is -2.56. The molecule has 9 heteroatoms. The third-order valence-electron chi connectivity index (χ3n) is 8.96. The van der Waals surface area contributed by atoms with Crippen molar-refractivity contribution in [3.63, 3.8) is 0 Å². The van der Waals surface area contributed by atoms with Gasteiger partial charge in [0, 0.05) is 50.1 Å². The van der Waals surface area contributed by atoms with Crippen LogP contribution >= 0.6 is 0 Å². The highest BCUT2D eigenvalue weighted by Crippen LogP contribution is 2.45. The molecule has 2 aliphatic carbocycles. The van der Waals surface area contributed by atoms with Crippen molar-refractivity contribution >= 4 is 17.7 Å². The van der Waals surface area contributed by atoms with Crippen LogP contribution < -0.4 is 21.9 Å². The number of likely N-dealkylation sites (tertiary alicyclic amines) is 1. The van der Waals surface area contributed by atoms with Crippen molar-refractivity contribution < 1.29 is 14.4 Å². The van der Waals surface area contributed by atoms with Gasteiger partial charge in [-0.2, -0.15) is 0 Å². The highest BCUT2D eigenvalue weighted by molar-refractivity contribution is 5.85. The van der Waals surface area contributed by atoms with Gasteiger partial charge < -0.3 is 20.9 Å². The van der Waals surface area contributed by atoms with E-state index in [0.29, 0.717) is 31.3 Å². The van der Waals surface area contributed by atoms with Gasteiger partial charge in [0.2, 0.25) is 17.7 Å². The lowest BCUT2D eigenvalue weighted by atomic mass is 9.84. The van der Waals surface area contributed by atoms with Crippen LogP contribution in [0.15, 0.2) is 0 Å². The number of primary amides is 1. The van der Waals surface area contributed by atoms with Crippen LogP contribution in [0.5, 0.6) is 0 Å². The standard InChI is InChI=1S/C23H38N6O3/c1-28(23(9-10-23)8-6-19(24)30)22(32)20-15-13-29(11-7-17(15)26-27-20)21(31)18-12-14-4-2-3-5-16(14)25-18/h14-18,20,25-27H,2-13H2,1H3,(H2,24,30). The van der Waals surface area contributed by atoms with Gasteiger partial charge in [-0.25, -0.2) is 5.43 Å².